The summed E-state index contributed by atoms with van der Waals surface area (Å²) in [6, 6.07) is 11.3. The van der Waals surface area contributed by atoms with Gasteiger partial charge >= 0.3 is 6.09 Å². The number of fused-ring (bicyclic) bond motifs is 3. The van der Waals surface area contributed by atoms with Crippen LogP contribution in [0.3, 0.4) is 0 Å². The van der Waals surface area contributed by atoms with Gasteiger partial charge in [0, 0.05) is 56.0 Å². The van der Waals surface area contributed by atoms with Crippen molar-refractivity contribution < 1.29 is 24.2 Å². The van der Waals surface area contributed by atoms with Gasteiger partial charge in [-0.2, -0.15) is 5.10 Å². The number of nitrogens with zero attached hydrogens (tertiary/aromatic N) is 5. The molecule has 0 radical (unpaired) electrons. The van der Waals surface area contributed by atoms with E-state index in [0.29, 0.717) is 51.4 Å². The van der Waals surface area contributed by atoms with Crippen molar-refractivity contribution in [1.82, 2.24) is 19.7 Å². The number of carbonyl (C=O) groups is 2. The molecule has 6 aliphatic rings. The fourth-order valence-electron chi connectivity index (χ4n) is 10.0. The second-order valence-electron chi connectivity index (χ2n) is 16.8. The number of amides is 2. The molecule has 2 bridgehead atoms. The number of methoxy groups -OCH3 is 1. The van der Waals surface area contributed by atoms with Gasteiger partial charge in [-0.1, -0.05) is 25.0 Å². The number of hydrogen-bond donors (Lipinski definition) is 1. The molecule has 3 heterocycles. The summed E-state index contributed by atoms with van der Waals surface area (Å²) < 4.78 is 13.5. The molecule has 5 saturated carbocycles. The van der Waals surface area contributed by atoms with Gasteiger partial charge in [0.2, 0.25) is 5.91 Å². The molecule has 3 aromatic rings. The Labute approximate surface area is 307 Å². The Morgan fingerprint density at radius 2 is 1.67 bits per heavy atom. The van der Waals surface area contributed by atoms with Gasteiger partial charge in [-0.25, -0.2) is 9.78 Å². The van der Waals surface area contributed by atoms with Crippen LogP contribution < -0.4 is 9.64 Å². The number of aryl methyl sites for hydroxylation is 1. The van der Waals surface area contributed by atoms with Gasteiger partial charge in [-0.15, -0.1) is 0 Å². The average Bonchev–Trinajstić information content (AvgIpc) is 3.88. The van der Waals surface area contributed by atoms with Crippen LogP contribution in [0.25, 0.3) is 11.1 Å². The van der Waals surface area contributed by atoms with Gasteiger partial charge in [-0.3, -0.25) is 14.4 Å². The smallest absolute Gasteiger partial charge is 0.410 e. The van der Waals surface area contributed by atoms with E-state index in [-0.39, 0.29) is 47.4 Å². The molecule has 0 spiro atoms. The van der Waals surface area contributed by atoms with Gasteiger partial charge in [-0.05, 0) is 130 Å². The normalized spacial score (nSPS) is 27.7. The third kappa shape index (κ3) is 6.83. The standard InChI is InChI=1S/C42H55N5O5/c1-29-21-34(9-12-37(29)51-2)42-17-14-41(15-18-42,16-19-42)28-46(38-22-32(13-20-43-38)33-23-44-47(26-33)35-5-3-4-6-35)39(49)31-7-10-36(11-8-31)52-40(50)45-24-30(25-45)27-48/h9,12-13,20-23,26,30-31,35-36,48H,3-8,10-11,14-19,24-25,27-28H2,1-2H3/t31-,36-,41?,42?. The number of rotatable bonds is 10. The number of aliphatic hydroxyl groups is 1. The zero-order valence-corrected chi connectivity index (χ0v) is 31.0. The highest BCUT2D eigenvalue weighted by Gasteiger charge is 2.51. The lowest BCUT2D eigenvalue weighted by molar-refractivity contribution is -0.124. The number of carbonyl (C=O) groups excluding carboxylic acids is 2. The highest BCUT2D eigenvalue weighted by atomic mass is 16.6. The van der Waals surface area contributed by atoms with Crippen LogP contribution in [0.4, 0.5) is 10.6 Å². The second kappa shape index (κ2) is 14.5. The molecule has 1 aliphatic heterocycles. The first kappa shape index (κ1) is 35.1. The molecule has 1 aromatic carbocycles. The molecular weight excluding hydrogens is 654 g/mol. The molecule has 10 heteroatoms. The summed E-state index contributed by atoms with van der Waals surface area (Å²) in [5.74, 6) is 1.82. The van der Waals surface area contributed by atoms with E-state index < -0.39 is 0 Å². The minimum absolute atomic E-state index is 0.0559. The van der Waals surface area contributed by atoms with Gasteiger partial charge in [0.25, 0.3) is 0 Å². The Morgan fingerprint density at radius 1 is 0.942 bits per heavy atom. The van der Waals surface area contributed by atoms with E-state index >= 15 is 0 Å². The van der Waals surface area contributed by atoms with Crippen molar-refractivity contribution in [3.8, 4) is 16.9 Å². The van der Waals surface area contributed by atoms with E-state index in [1.54, 1.807) is 12.0 Å². The van der Waals surface area contributed by atoms with E-state index in [1.165, 1.54) is 36.8 Å². The van der Waals surface area contributed by atoms with Crippen LogP contribution in [0, 0.1) is 24.2 Å². The quantitative estimate of drug-likeness (QED) is 0.231. The van der Waals surface area contributed by atoms with Crippen LogP contribution >= 0.6 is 0 Å². The van der Waals surface area contributed by atoms with Crippen molar-refractivity contribution >= 4 is 17.8 Å². The first-order chi connectivity index (χ1) is 25.3. The number of ether oxygens (including phenoxy) is 2. The molecular formula is C42H55N5O5. The molecule has 10 nitrogen and oxygen atoms in total. The number of anilines is 1. The lowest BCUT2D eigenvalue weighted by Gasteiger charge is -2.55. The van der Waals surface area contributed by atoms with Gasteiger partial charge in [0.15, 0.2) is 0 Å². The van der Waals surface area contributed by atoms with Gasteiger partial charge in [0.1, 0.15) is 17.7 Å². The number of pyridine rings is 1. The summed E-state index contributed by atoms with van der Waals surface area (Å²) in [6.07, 6.45) is 19.7. The van der Waals surface area contributed by atoms with Crippen LogP contribution in [-0.4, -0.2) is 76.2 Å². The Balaban J connectivity index is 0.999. The minimum Gasteiger partial charge on any atom is -0.496 e. The molecule has 5 aliphatic carbocycles. The van der Waals surface area contributed by atoms with Crippen molar-refractivity contribution in [2.45, 2.75) is 114 Å². The first-order valence-electron chi connectivity index (χ1n) is 19.8. The largest absolute Gasteiger partial charge is 0.496 e. The number of aromatic nitrogens is 3. The predicted octanol–water partition coefficient (Wildman–Crippen LogP) is 7.62. The molecule has 2 amide bonds. The van der Waals surface area contributed by atoms with Crippen molar-refractivity contribution in [1.29, 1.82) is 0 Å². The maximum atomic E-state index is 14.7. The van der Waals surface area contributed by atoms with Crippen LogP contribution in [0.1, 0.15) is 107 Å². The number of aliphatic hydroxyl groups excluding tert-OH is 1. The molecule has 0 unspecified atom stereocenters. The molecule has 0 atom stereocenters. The fourth-order valence-corrected chi connectivity index (χ4v) is 10.0. The molecule has 1 saturated heterocycles. The van der Waals surface area contributed by atoms with Crippen LogP contribution in [0.2, 0.25) is 0 Å². The SMILES string of the molecule is COc1ccc(C23CCC(CN(c4cc(-c5cnn(C6CCCC6)c5)ccn4)C(=O)[C@H]4CC[C@H](OC(=O)N5CC(CO)C5)CC4)(CC2)CC3)cc1C. The Hall–Kier alpha value is -3.92. The molecule has 6 fully saturated rings. The summed E-state index contributed by atoms with van der Waals surface area (Å²) in [4.78, 5) is 36.0. The second-order valence-corrected chi connectivity index (χ2v) is 16.8. The zero-order valence-electron chi connectivity index (χ0n) is 31.0. The predicted molar refractivity (Wildman–Crippen MR) is 199 cm³/mol. The first-order valence-corrected chi connectivity index (χ1v) is 19.8. The molecule has 52 heavy (non-hydrogen) atoms. The maximum Gasteiger partial charge on any atom is 0.410 e. The lowest BCUT2D eigenvalue weighted by Crippen LogP contribution is -2.52. The lowest BCUT2D eigenvalue weighted by atomic mass is 9.51. The Morgan fingerprint density at radius 3 is 2.35 bits per heavy atom. The molecule has 1 N–H and O–H groups in total. The van der Waals surface area contributed by atoms with Crippen molar-refractivity contribution in [2.75, 3.05) is 38.3 Å². The summed E-state index contributed by atoms with van der Waals surface area (Å²) in [5, 5.41) is 14.1. The van der Waals surface area contributed by atoms with Crippen molar-refractivity contribution in [2.24, 2.45) is 17.3 Å². The van der Waals surface area contributed by atoms with Gasteiger partial charge < -0.3 is 19.5 Å². The monoisotopic (exact) mass is 709 g/mol. The molecule has 2 aromatic heterocycles. The van der Waals surface area contributed by atoms with Crippen LogP contribution in [0.5, 0.6) is 5.75 Å². The van der Waals surface area contributed by atoms with Crippen LogP contribution in [0.15, 0.2) is 48.9 Å². The summed E-state index contributed by atoms with van der Waals surface area (Å²) in [6.45, 7) is 4.01. The molecule has 278 valence electrons. The minimum atomic E-state index is -0.298. The summed E-state index contributed by atoms with van der Waals surface area (Å²) >= 11 is 0. The topological polar surface area (TPSA) is 110 Å². The van der Waals surface area contributed by atoms with Crippen molar-refractivity contribution in [3.63, 3.8) is 0 Å². The van der Waals surface area contributed by atoms with E-state index in [4.69, 9.17) is 19.6 Å². The van der Waals surface area contributed by atoms with Gasteiger partial charge in [0.05, 0.1) is 19.3 Å². The molecule has 9 rings (SSSR count). The highest BCUT2D eigenvalue weighted by Crippen LogP contribution is 2.58. The number of benzene rings is 1. The third-order valence-electron chi connectivity index (χ3n) is 13.6. The third-order valence-corrected chi connectivity index (χ3v) is 13.6. The fraction of sp³-hybridized carbons (Fsp3) is 0.619. The van der Waals surface area contributed by atoms with E-state index in [2.05, 4.69) is 42.1 Å². The van der Waals surface area contributed by atoms with Crippen molar-refractivity contribution in [3.05, 3.63) is 60.0 Å². The maximum absolute atomic E-state index is 14.7. The summed E-state index contributed by atoms with van der Waals surface area (Å²) in [5.41, 5.74) is 4.96. The van der Waals surface area contributed by atoms with E-state index in [9.17, 15) is 14.7 Å². The number of likely N-dealkylation sites (tertiary alicyclic amines) is 1. The summed E-state index contributed by atoms with van der Waals surface area (Å²) in [7, 11) is 1.74. The Kier molecular flexibility index (Phi) is 9.78. The highest BCUT2D eigenvalue weighted by molar-refractivity contribution is 5.95. The van der Waals surface area contributed by atoms with E-state index in [0.717, 1.165) is 61.2 Å². The zero-order chi connectivity index (χ0) is 35.9. The Bertz CT molecular complexity index is 1730. The van der Waals surface area contributed by atoms with Crippen LogP contribution in [-0.2, 0) is 14.9 Å². The van der Waals surface area contributed by atoms with E-state index in [1.807, 2.05) is 23.4 Å². The number of hydrogen-bond acceptors (Lipinski definition) is 7. The average molecular weight is 710 g/mol.